The summed E-state index contributed by atoms with van der Waals surface area (Å²) in [6, 6.07) is 3.52. The highest BCUT2D eigenvalue weighted by molar-refractivity contribution is 5.89. The molecule has 0 aliphatic carbocycles. The lowest BCUT2D eigenvalue weighted by atomic mass is 10.0. The number of hydrogen-bond acceptors (Lipinski definition) is 5. The van der Waals surface area contributed by atoms with Crippen LogP contribution >= 0.6 is 0 Å². The van der Waals surface area contributed by atoms with Crippen LogP contribution in [0.25, 0.3) is 11.0 Å². The van der Waals surface area contributed by atoms with E-state index in [0.717, 1.165) is 5.56 Å². The van der Waals surface area contributed by atoms with Gasteiger partial charge in [-0.1, -0.05) is 0 Å². The van der Waals surface area contributed by atoms with Gasteiger partial charge in [-0.3, -0.25) is 0 Å². The number of hydrogen-bond donors (Lipinski definition) is 0. The van der Waals surface area contributed by atoms with Gasteiger partial charge in [0.15, 0.2) is 0 Å². The molecule has 1 aromatic carbocycles. The highest BCUT2D eigenvalue weighted by Gasteiger charge is 2.15. The molecule has 0 fully saturated rings. The van der Waals surface area contributed by atoms with Crippen LogP contribution in [0.5, 0.6) is 5.75 Å². The number of carbonyl (C=O) groups is 1. The molecule has 0 unspecified atom stereocenters. The third-order valence-electron chi connectivity index (χ3n) is 3.03. The Hall–Kier alpha value is -2.30. The maximum Gasteiger partial charge on any atom is 0.340 e. The number of benzene rings is 1. The number of carbonyl (C=O) groups excluding carboxylic acids is 1. The molecule has 1 aromatic heterocycles. The SMILES string of the molecule is COc1cc(C)cc2oc(=O)c(CC(=O)[O-])c(C)c12. The van der Waals surface area contributed by atoms with Gasteiger partial charge in [-0.2, -0.15) is 0 Å². The predicted octanol–water partition coefficient (Wildman–Crippen LogP) is 0.711. The quantitative estimate of drug-likeness (QED) is 0.760. The number of aliphatic carboxylic acids is 1. The van der Waals surface area contributed by atoms with E-state index < -0.39 is 18.0 Å². The standard InChI is InChI=1S/C14H14O5/c1-7-4-10(18-3)13-8(2)9(6-12(15)16)14(17)19-11(13)5-7/h4-5H,6H2,1-3H3,(H,15,16)/p-1. The topological polar surface area (TPSA) is 79.6 Å². The number of methoxy groups -OCH3 is 1. The van der Waals surface area contributed by atoms with Crippen LogP contribution in [-0.2, 0) is 11.2 Å². The number of ether oxygens (including phenoxy) is 1. The highest BCUT2D eigenvalue weighted by atomic mass is 16.5. The Kier molecular flexibility index (Phi) is 3.29. The Bertz CT molecular complexity index is 712. The Balaban J connectivity index is 2.86. The Morgan fingerprint density at radius 3 is 2.63 bits per heavy atom. The van der Waals surface area contributed by atoms with Gasteiger partial charge in [0, 0.05) is 18.0 Å². The van der Waals surface area contributed by atoms with E-state index in [1.165, 1.54) is 7.11 Å². The smallest absolute Gasteiger partial charge is 0.340 e. The van der Waals surface area contributed by atoms with Gasteiger partial charge >= 0.3 is 5.63 Å². The summed E-state index contributed by atoms with van der Waals surface area (Å²) < 4.78 is 10.4. The Morgan fingerprint density at radius 2 is 2.05 bits per heavy atom. The zero-order chi connectivity index (χ0) is 14.2. The van der Waals surface area contributed by atoms with Crippen LogP contribution in [0.4, 0.5) is 0 Å². The van der Waals surface area contributed by atoms with Crippen molar-refractivity contribution in [3.05, 3.63) is 39.2 Å². The first-order valence-electron chi connectivity index (χ1n) is 5.74. The normalized spacial score (nSPS) is 10.7. The number of fused-ring (bicyclic) bond motifs is 1. The fraction of sp³-hybridized carbons (Fsp3) is 0.286. The molecule has 19 heavy (non-hydrogen) atoms. The van der Waals surface area contributed by atoms with Crippen molar-refractivity contribution in [2.45, 2.75) is 20.3 Å². The first-order chi connectivity index (χ1) is 8.93. The molecule has 0 bridgehead atoms. The molecular weight excluding hydrogens is 248 g/mol. The molecule has 0 spiro atoms. The molecule has 0 amide bonds. The lowest BCUT2D eigenvalue weighted by molar-refractivity contribution is -0.304. The lowest BCUT2D eigenvalue weighted by Crippen LogP contribution is -2.27. The average molecular weight is 261 g/mol. The molecular formula is C14H13O5-. The minimum atomic E-state index is -1.32. The summed E-state index contributed by atoms with van der Waals surface area (Å²) in [5, 5.41) is 11.3. The number of rotatable bonds is 3. The maximum absolute atomic E-state index is 11.8. The summed E-state index contributed by atoms with van der Waals surface area (Å²) in [6.07, 6.45) is -0.471. The van der Waals surface area contributed by atoms with Crippen molar-refractivity contribution in [1.29, 1.82) is 0 Å². The van der Waals surface area contributed by atoms with Crippen LogP contribution in [0.3, 0.4) is 0 Å². The lowest BCUT2D eigenvalue weighted by Gasteiger charge is -2.12. The first-order valence-corrected chi connectivity index (χ1v) is 5.74. The van der Waals surface area contributed by atoms with Gasteiger partial charge in [-0.05, 0) is 37.1 Å². The zero-order valence-electron chi connectivity index (χ0n) is 10.9. The first kappa shape index (κ1) is 13.1. The molecule has 0 aliphatic rings. The van der Waals surface area contributed by atoms with E-state index >= 15 is 0 Å². The van der Waals surface area contributed by atoms with Crippen LogP contribution in [0.2, 0.25) is 0 Å². The van der Waals surface area contributed by atoms with Crippen LogP contribution in [0, 0.1) is 13.8 Å². The molecule has 0 saturated carbocycles. The molecule has 5 heteroatoms. The van der Waals surface area contributed by atoms with E-state index in [1.807, 2.05) is 6.92 Å². The number of carboxylic acids is 1. The van der Waals surface area contributed by atoms with Gasteiger partial charge in [0.1, 0.15) is 11.3 Å². The van der Waals surface area contributed by atoms with Crippen molar-refractivity contribution in [3.8, 4) is 5.75 Å². The van der Waals surface area contributed by atoms with E-state index in [9.17, 15) is 14.7 Å². The minimum absolute atomic E-state index is 0.0923. The number of carboxylic acid groups (broad SMARTS) is 1. The zero-order valence-corrected chi connectivity index (χ0v) is 10.9. The van der Waals surface area contributed by atoms with Crippen molar-refractivity contribution < 1.29 is 19.1 Å². The molecule has 0 radical (unpaired) electrons. The van der Waals surface area contributed by atoms with Crippen molar-refractivity contribution in [2.75, 3.05) is 7.11 Å². The molecule has 0 saturated heterocycles. The molecule has 0 aliphatic heterocycles. The van der Waals surface area contributed by atoms with Gasteiger partial charge in [-0.15, -0.1) is 0 Å². The molecule has 1 heterocycles. The summed E-state index contributed by atoms with van der Waals surface area (Å²) in [7, 11) is 1.51. The molecule has 2 aromatic rings. The van der Waals surface area contributed by atoms with E-state index in [0.29, 0.717) is 22.3 Å². The van der Waals surface area contributed by atoms with E-state index in [4.69, 9.17) is 9.15 Å². The molecule has 0 N–H and O–H groups in total. The molecule has 0 atom stereocenters. The van der Waals surface area contributed by atoms with Gasteiger partial charge in [0.25, 0.3) is 0 Å². The largest absolute Gasteiger partial charge is 0.550 e. The second-order valence-corrected chi connectivity index (χ2v) is 4.38. The van der Waals surface area contributed by atoms with Gasteiger partial charge in [-0.25, -0.2) is 4.79 Å². The summed E-state index contributed by atoms with van der Waals surface area (Å²) >= 11 is 0. The van der Waals surface area contributed by atoms with Crippen molar-refractivity contribution in [2.24, 2.45) is 0 Å². The third kappa shape index (κ3) is 2.31. The van der Waals surface area contributed by atoms with Crippen molar-refractivity contribution in [3.63, 3.8) is 0 Å². The Labute approximate surface area is 109 Å². The highest BCUT2D eigenvalue weighted by Crippen LogP contribution is 2.30. The van der Waals surface area contributed by atoms with Crippen molar-refractivity contribution in [1.82, 2.24) is 0 Å². The van der Waals surface area contributed by atoms with Crippen LogP contribution in [0.15, 0.2) is 21.3 Å². The van der Waals surface area contributed by atoms with Gasteiger partial charge in [0.05, 0.1) is 12.5 Å². The Morgan fingerprint density at radius 1 is 1.37 bits per heavy atom. The summed E-state index contributed by atoms with van der Waals surface area (Å²) in [6.45, 7) is 3.53. The predicted molar refractivity (Wildman–Crippen MR) is 67.2 cm³/mol. The average Bonchev–Trinajstić information content (AvgIpc) is 2.32. The maximum atomic E-state index is 11.8. The third-order valence-corrected chi connectivity index (χ3v) is 3.03. The van der Waals surface area contributed by atoms with Crippen LogP contribution in [-0.4, -0.2) is 13.1 Å². The minimum Gasteiger partial charge on any atom is -0.550 e. The fourth-order valence-electron chi connectivity index (χ4n) is 2.15. The van der Waals surface area contributed by atoms with Crippen LogP contribution in [0.1, 0.15) is 16.7 Å². The summed E-state index contributed by atoms with van der Waals surface area (Å²) in [5.74, 6) is -0.767. The fourth-order valence-corrected chi connectivity index (χ4v) is 2.15. The van der Waals surface area contributed by atoms with Gasteiger partial charge < -0.3 is 19.1 Å². The summed E-state index contributed by atoms with van der Waals surface area (Å²) in [4.78, 5) is 22.5. The van der Waals surface area contributed by atoms with Crippen LogP contribution < -0.4 is 15.5 Å². The van der Waals surface area contributed by atoms with E-state index in [-0.39, 0.29) is 5.56 Å². The molecule has 100 valence electrons. The second kappa shape index (κ2) is 4.76. The van der Waals surface area contributed by atoms with Crippen molar-refractivity contribution >= 4 is 16.9 Å². The molecule has 2 rings (SSSR count). The van der Waals surface area contributed by atoms with E-state index in [1.54, 1.807) is 19.1 Å². The van der Waals surface area contributed by atoms with Gasteiger partial charge in [0.2, 0.25) is 0 Å². The number of aryl methyl sites for hydroxylation is 2. The second-order valence-electron chi connectivity index (χ2n) is 4.38. The summed E-state index contributed by atoms with van der Waals surface area (Å²) in [5.41, 5.74) is 1.27. The monoisotopic (exact) mass is 261 g/mol. The molecule has 5 nitrogen and oxygen atoms in total. The van der Waals surface area contributed by atoms with E-state index in [2.05, 4.69) is 0 Å².